The molecule has 1 saturated carbocycles. The van der Waals surface area contributed by atoms with Crippen LogP contribution in [-0.4, -0.2) is 6.43 Å². The first kappa shape index (κ1) is 10.5. The van der Waals surface area contributed by atoms with Crippen LogP contribution in [0.3, 0.4) is 0 Å². The SMILES string of the molecule is NC1(c2cccc(C(F)C(F)F)c2)CC1. The Morgan fingerprint density at radius 3 is 2.40 bits per heavy atom. The number of alkyl halides is 3. The monoisotopic (exact) mass is 215 g/mol. The first-order chi connectivity index (χ1) is 7.03. The minimum absolute atomic E-state index is 0.0132. The van der Waals surface area contributed by atoms with Gasteiger partial charge in [-0.1, -0.05) is 24.3 Å². The molecule has 0 aromatic heterocycles. The van der Waals surface area contributed by atoms with Gasteiger partial charge in [0.25, 0.3) is 6.43 Å². The van der Waals surface area contributed by atoms with Crippen molar-refractivity contribution in [2.75, 3.05) is 0 Å². The molecule has 0 aliphatic heterocycles. The third kappa shape index (κ3) is 2.00. The summed E-state index contributed by atoms with van der Waals surface area (Å²) < 4.78 is 37.4. The molecule has 1 aromatic carbocycles. The summed E-state index contributed by atoms with van der Waals surface area (Å²) in [4.78, 5) is 0. The summed E-state index contributed by atoms with van der Waals surface area (Å²) in [5.74, 6) is 0. The maximum Gasteiger partial charge on any atom is 0.273 e. The van der Waals surface area contributed by atoms with Crippen LogP contribution in [0.4, 0.5) is 13.2 Å². The van der Waals surface area contributed by atoms with Crippen molar-refractivity contribution in [3.05, 3.63) is 35.4 Å². The van der Waals surface area contributed by atoms with Crippen LogP contribution in [0, 0.1) is 0 Å². The zero-order valence-electron chi connectivity index (χ0n) is 8.09. The van der Waals surface area contributed by atoms with Gasteiger partial charge in [-0.3, -0.25) is 0 Å². The van der Waals surface area contributed by atoms with Crippen LogP contribution in [0.15, 0.2) is 24.3 Å². The highest BCUT2D eigenvalue weighted by molar-refractivity contribution is 5.34. The fraction of sp³-hybridized carbons (Fsp3) is 0.455. The van der Waals surface area contributed by atoms with Crippen molar-refractivity contribution in [3.63, 3.8) is 0 Å². The number of benzene rings is 1. The minimum Gasteiger partial charge on any atom is -0.321 e. The Morgan fingerprint density at radius 2 is 1.87 bits per heavy atom. The largest absolute Gasteiger partial charge is 0.321 e. The minimum atomic E-state index is -2.98. The van der Waals surface area contributed by atoms with Gasteiger partial charge in [0, 0.05) is 5.54 Å². The maximum atomic E-state index is 13.1. The van der Waals surface area contributed by atoms with Crippen LogP contribution in [0.5, 0.6) is 0 Å². The van der Waals surface area contributed by atoms with E-state index in [1.165, 1.54) is 12.1 Å². The molecule has 0 bridgehead atoms. The normalized spacial score (nSPS) is 20.3. The zero-order valence-corrected chi connectivity index (χ0v) is 8.09. The number of halogens is 3. The van der Waals surface area contributed by atoms with Crippen LogP contribution >= 0.6 is 0 Å². The lowest BCUT2D eigenvalue weighted by atomic mass is 10.0. The fourth-order valence-electron chi connectivity index (χ4n) is 1.59. The van der Waals surface area contributed by atoms with E-state index < -0.39 is 18.1 Å². The van der Waals surface area contributed by atoms with Gasteiger partial charge in [0.05, 0.1) is 0 Å². The quantitative estimate of drug-likeness (QED) is 0.824. The van der Waals surface area contributed by atoms with E-state index in [1.807, 2.05) is 0 Å². The van der Waals surface area contributed by atoms with Gasteiger partial charge in [-0.05, 0) is 24.0 Å². The number of rotatable bonds is 3. The predicted molar refractivity (Wildman–Crippen MR) is 51.4 cm³/mol. The lowest BCUT2D eigenvalue weighted by Gasteiger charge is -2.12. The Hall–Kier alpha value is -1.03. The maximum absolute atomic E-state index is 13.1. The van der Waals surface area contributed by atoms with E-state index in [1.54, 1.807) is 12.1 Å². The van der Waals surface area contributed by atoms with Crippen molar-refractivity contribution in [1.29, 1.82) is 0 Å². The molecule has 1 unspecified atom stereocenters. The van der Waals surface area contributed by atoms with E-state index in [4.69, 9.17) is 5.73 Å². The van der Waals surface area contributed by atoms with E-state index in [9.17, 15) is 13.2 Å². The summed E-state index contributed by atoms with van der Waals surface area (Å²) in [7, 11) is 0. The highest BCUT2D eigenvalue weighted by Gasteiger charge is 2.40. The molecule has 0 spiro atoms. The van der Waals surface area contributed by atoms with Crippen molar-refractivity contribution in [3.8, 4) is 0 Å². The summed E-state index contributed by atoms with van der Waals surface area (Å²) in [6.07, 6.45) is -3.52. The Labute approximate surface area is 86.1 Å². The number of hydrogen-bond donors (Lipinski definition) is 1. The van der Waals surface area contributed by atoms with Gasteiger partial charge in [0.1, 0.15) is 0 Å². The second kappa shape index (κ2) is 3.52. The molecule has 2 rings (SSSR count). The lowest BCUT2D eigenvalue weighted by Crippen LogP contribution is -2.19. The summed E-state index contributed by atoms with van der Waals surface area (Å²) in [5, 5.41) is 0. The van der Waals surface area contributed by atoms with E-state index in [0.29, 0.717) is 0 Å². The third-order valence-corrected chi connectivity index (χ3v) is 2.79. The van der Waals surface area contributed by atoms with Crippen LogP contribution in [0.2, 0.25) is 0 Å². The Balaban J connectivity index is 2.26. The first-order valence-corrected chi connectivity index (χ1v) is 4.84. The highest BCUT2D eigenvalue weighted by Crippen LogP contribution is 2.43. The van der Waals surface area contributed by atoms with Crippen molar-refractivity contribution in [2.24, 2.45) is 5.73 Å². The van der Waals surface area contributed by atoms with Crippen molar-refractivity contribution < 1.29 is 13.2 Å². The molecule has 4 heteroatoms. The smallest absolute Gasteiger partial charge is 0.273 e. The first-order valence-electron chi connectivity index (χ1n) is 4.84. The molecular formula is C11H12F3N. The summed E-state index contributed by atoms with van der Waals surface area (Å²) in [6, 6.07) is 6.15. The molecule has 1 aliphatic rings. The molecule has 2 N–H and O–H groups in total. The fourth-order valence-corrected chi connectivity index (χ4v) is 1.59. The van der Waals surface area contributed by atoms with Gasteiger partial charge >= 0.3 is 0 Å². The lowest BCUT2D eigenvalue weighted by molar-refractivity contribution is 0.0495. The molecular weight excluding hydrogens is 203 g/mol. The summed E-state index contributed by atoms with van der Waals surface area (Å²) >= 11 is 0. The Bertz CT molecular complexity index is 361. The standard InChI is InChI=1S/C11H12F3N/c12-9(10(13)14)7-2-1-3-8(6-7)11(15)4-5-11/h1-3,6,9-10H,4-5,15H2. The van der Waals surface area contributed by atoms with Gasteiger partial charge < -0.3 is 5.73 Å². The molecule has 0 radical (unpaired) electrons. The summed E-state index contributed by atoms with van der Waals surface area (Å²) in [5.41, 5.74) is 6.26. The van der Waals surface area contributed by atoms with E-state index in [2.05, 4.69) is 0 Å². The van der Waals surface area contributed by atoms with Crippen LogP contribution in [-0.2, 0) is 5.54 Å². The molecule has 15 heavy (non-hydrogen) atoms. The Morgan fingerprint density at radius 1 is 1.20 bits per heavy atom. The molecule has 82 valence electrons. The zero-order chi connectivity index (χ0) is 11.1. The van der Waals surface area contributed by atoms with Gasteiger partial charge in [0.2, 0.25) is 0 Å². The number of nitrogens with two attached hydrogens (primary N) is 1. The molecule has 1 nitrogen and oxygen atoms in total. The average Bonchev–Trinajstić information content (AvgIpc) is 2.97. The van der Waals surface area contributed by atoms with Crippen molar-refractivity contribution >= 4 is 0 Å². The second-order valence-corrected chi connectivity index (χ2v) is 4.02. The molecule has 1 aromatic rings. The van der Waals surface area contributed by atoms with Crippen molar-refractivity contribution in [2.45, 2.75) is 31.0 Å². The van der Waals surface area contributed by atoms with Crippen molar-refractivity contribution in [1.82, 2.24) is 0 Å². The molecule has 1 fully saturated rings. The van der Waals surface area contributed by atoms with Crippen LogP contribution < -0.4 is 5.73 Å². The van der Waals surface area contributed by atoms with Crippen LogP contribution in [0.1, 0.15) is 30.1 Å². The van der Waals surface area contributed by atoms with Gasteiger partial charge in [-0.2, -0.15) is 0 Å². The van der Waals surface area contributed by atoms with Gasteiger partial charge in [-0.15, -0.1) is 0 Å². The van der Waals surface area contributed by atoms with Gasteiger partial charge in [0.15, 0.2) is 6.17 Å². The van der Waals surface area contributed by atoms with E-state index in [0.717, 1.165) is 18.4 Å². The Kier molecular flexibility index (Phi) is 2.46. The molecule has 0 saturated heterocycles. The van der Waals surface area contributed by atoms with E-state index >= 15 is 0 Å². The van der Waals surface area contributed by atoms with Gasteiger partial charge in [-0.25, -0.2) is 13.2 Å². The third-order valence-electron chi connectivity index (χ3n) is 2.79. The predicted octanol–water partition coefficient (Wildman–Crippen LogP) is 2.91. The molecule has 1 atom stereocenters. The molecule has 0 heterocycles. The second-order valence-electron chi connectivity index (χ2n) is 4.02. The number of hydrogen-bond acceptors (Lipinski definition) is 1. The van der Waals surface area contributed by atoms with E-state index in [-0.39, 0.29) is 5.56 Å². The highest BCUT2D eigenvalue weighted by atomic mass is 19.3. The average molecular weight is 215 g/mol. The van der Waals surface area contributed by atoms with Crippen LogP contribution in [0.25, 0.3) is 0 Å². The molecule has 0 amide bonds. The topological polar surface area (TPSA) is 26.0 Å². The molecule has 1 aliphatic carbocycles. The summed E-state index contributed by atoms with van der Waals surface area (Å²) in [6.45, 7) is 0.